The topological polar surface area (TPSA) is 84.2 Å². The predicted octanol–water partition coefficient (Wildman–Crippen LogP) is -1.34. The third-order valence-corrected chi connectivity index (χ3v) is 1.73. The number of carbonyl (C=O) groups excluding carboxylic acids is 1. The average molecular weight is 211 g/mol. The van der Waals surface area contributed by atoms with E-state index in [1.54, 1.807) is 13.0 Å². The summed E-state index contributed by atoms with van der Waals surface area (Å²) < 4.78 is 1.09. The summed E-state index contributed by atoms with van der Waals surface area (Å²) in [5.74, 6) is -0.343. The summed E-state index contributed by atoms with van der Waals surface area (Å²) in [6.45, 7) is 1.67. The van der Waals surface area contributed by atoms with Gasteiger partial charge >= 0.3 is 0 Å². The number of rotatable bonds is 4. The number of hydrogen-bond acceptors (Lipinski definition) is 4. The van der Waals surface area contributed by atoms with Gasteiger partial charge in [-0.25, -0.2) is 4.68 Å². The quantitative estimate of drug-likeness (QED) is 0.645. The smallest absolute Gasteiger partial charge is 0.267 e. The maximum absolute atomic E-state index is 11.3. The molecule has 1 rings (SSSR count). The summed E-state index contributed by atoms with van der Waals surface area (Å²) in [6, 6.07) is 2.95. The fourth-order valence-electron chi connectivity index (χ4n) is 1.05. The van der Waals surface area contributed by atoms with Crippen molar-refractivity contribution in [1.82, 2.24) is 15.1 Å². The Hall–Kier alpha value is -1.69. The normalized spacial score (nSPS) is 10.0. The fourth-order valence-corrected chi connectivity index (χ4v) is 1.05. The van der Waals surface area contributed by atoms with E-state index < -0.39 is 0 Å². The third kappa shape index (κ3) is 3.51. The van der Waals surface area contributed by atoms with Crippen LogP contribution in [0.15, 0.2) is 16.9 Å². The van der Waals surface area contributed by atoms with Crippen LogP contribution < -0.4 is 10.9 Å². The highest BCUT2D eigenvalue weighted by atomic mass is 16.3. The van der Waals surface area contributed by atoms with Crippen LogP contribution in [0.1, 0.15) is 5.69 Å². The maximum Gasteiger partial charge on any atom is 0.267 e. The summed E-state index contributed by atoms with van der Waals surface area (Å²) in [7, 11) is 0. The van der Waals surface area contributed by atoms with E-state index >= 15 is 0 Å². The number of hydrogen-bond donors (Lipinski definition) is 2. The Labute approximate surface area is 86.5 Å². The van der Waals surface area contributed by atoms with Crippen LogP contribution >= 0.6 is 0 Å². The van der Waals surface area contributed by atoms with E-state index in [1.165, 1.54) is 6.07 Å². The van der Waals surface area contributed by atoms with Crippen LogP contribution in [0.5, 0.6) is 0 Å². The van der Waals surface area contributed by atoms with Crippen molar-refractivity contribution < 1.29 is 9.90 Å². The molecule has 15 heavy (non-hydrogen) atoms. The largest absolute Gasteiger partial charge is 0.395 e. The molecule has 2 N–H and O–H groups in total. The van der Waals surface area contributed by atoms with Gasteiger partial charge in [-0.2, -0.15) is 5.10 Å². The van der Waals surface area contributed by atoms with Crippen LogP contribution in [-0.4, -0.2) is 33.9 Å². The van der Waals surface area contributed by atoms with Crippen LogP contribution in [0.3, 0.4) is 0 Å². The van der Waals surface area contributed by atoms with Gasteiger partial charge in [0, 0.05) is 12.6 Å². The van der Waals surface area contributed by atoms with Gasteiger partial charge < -0.3 is 10.4 Å². The first-order valence-corrected chi connectivity index (χ1v) is 4.56. The minimum atomic E-state index is -0.343. The van der Waals surface area contributed by atoms with Gasteiger partial charge in [0.05, 0.1) is 12.3 Å². The molecule has 0 fully saturated rings. The second-order valence-corrected chi connectivity index (χ2v) is 3.04. The van der Waals surface area contributed by atoms with Gasteiger partial charge in [0.1, 0.15) is 6.54 Å². The standard InChI is InChI=1S/C9H13N3O3/c1-7-2-3-9(15)12(11-7)6-8(14)10-4-5-13/h2-3,13H,4-6H2,1H3,(H,10,14). The lowest BCUT2D eigenvalue weighted by molar-refractivity contribution is -0.122. The van der Waals surface area contributed by atoms with E-state index in [0.29, 0.717) is 5.69 Å². The summed E-state index contributed by atoms with van der Waals surface area (Å²) in [4.78, 5) is 22.5. The maximum atomic E-state index is 11.3. The fraction of sp³-hybridized carbons (Fsp3) is 0.444. The predicted molar refractivity (Wildman–Crippen MR) is 53.3 cm³/mol. The minimum absolute atomic E-state index is 0.123. The molecule has 0 saturated carbocycles. The number of aliphatic hydroxyl groups is 1. The Bertz CT molecular complexity index is 400. The Morgan fingerprint density at radius 1 is 1.60 bits per heavy atom. The van der Waals surface area contributed by atoms with Crippen molar-refractivity contribution in [3.8, 4) is 0 Å². The molecule has 1 heterocycles. The van der Waals surface area contributed by atoms with Crippen molar-refractivity contribution >= 4 is 5.91 Å². The molecular formula is C9H13N3O3. The van der Waals surface area contributed by atoms with Gasteiger partial charge in [-0.1, -0.05) is 0 Å². The van der Waals surface area contributed by atoms with E-state index in [-0.39, 0.29) is 31.2 Å². The number of aliphatic hydroxyl groups excluding tert-OH is 1. The Morgan fingerprint density at radius 3 is 3.00 bits per heavy atom. The highest BCUT2D eigenvalue weighted by molar-refractivity contribution is 5.75. The van der Waals surface area contributed by atoms with Crippen LogP contribution in [-0.2, 0) is 11.3 Å². The van der Waals surface area contributed by atoms with Crippen LogP contribution in [0, 0.1) is 6.92 Å². The van der Waals surface area contributed by atoms with Crippen LogP contribution in [0.4, 0.5) is 0 Å². The zero-order chi connectivity index (χ0) is 11.3. The van der Waals surface area contributed by atoms with Gasteiger partial charge in [-0.15, -0.1) is 0 Å². The van der Waals surface area contributed by atoms with Crippen molar-refractivity contribution in [1.29, 1.82) is 0 Å². The van der Waals surface area contributed by atoms with Gasteiger partial charge in [-0.3, -0.25) is 9.59 Å². The number of carbonyl (C=O) groups is 1. The zero-order valence-electron chi connectivity index (χ0n) is 8.43. The molecule has 0 aliphatic carbocycles. The van der Waals surface area contributed by atoms with E-state index in [0.717, 1.165) is 4.68 Å². The molecule has 1 aromatic rings. The molecule has 6 heteroatoms. The van der Waals surface area contributed by atoms with Crippen LogP contribution in [0.25, 0.3) is 0 Å². The van der Waals surface area contributed by atoms with E-state index in [2.05, 4.69) is 10.4 Å². The lowest BCUT2D eigenvalue weighted by Gasteiger charge is -2.05. The second-order valence-electron chi connectivity index (χ2n) is 3.04. The summed E-state index contributed by atoms with van der Waals surface area (Å²) in [5, 5.41) is 14.8. The number of nitrogens with one attached hydrogen (secondary N) is 1. The molecule has 1 aromatic heterocycles. The molecule has 0 aliphatic rings. The molecule has 0 saturated heterocycles. The first-order chi connectivity index (χ1) is 7.13. The van der Waals surface area contributed by atoms with Gasteiger partial charge in [0.25, 0.3) is 5.56 Å². The molecule has 0 aromatic carbocycles. The molecule has 0 unspecified atom stereocenters. The van der Waals surface area contributed by atoms with Crippen molar-refractivity contribution in [3.05, 3.63) is 28.2 Å². The molecule has 6 nitrogen and oxygen atoms in total. The molecule has 0 aliphatic heterocycles. The average Bonchev–Trinajstić information content (AvgIpc) is 2.20. The Morgan fingerprint density at radius 2 is 2.33 bits per heavy atom. The van der Waals surface area contributed by atoms with E-state index in [1.807, 2.05) is 0 Å². The summed E-state index contributed by atoms with van der Waals surface area (Å²) >= 11 is 0. The van der Waals surface area contributed by atoms with Crippen molar-refractivity contribution in [2.75, 3.05) is 13.2 Å². The minimum Gasteiger partial charge on any atom is -0.395 e. The Kier molecular flexibility index (Phi) is 3.99. The number of aryl methyl sites for hydroxylation is 1. The molecule has 0 atom stereocenters. The molecule has 0 bridgehead atoms. The van der Waals surface area contributed by atoms with Crippen molar-refractivity contribution in [3.63, 3.8) is 0 Å². The Balaban J connectivity index is 2.68. The van der Waals surface area contributed by atoms with E-state index in [4.69, 9.17) is 5.11 Å². The third-order valence-electron chi connectivity index (χ3n) is 1.73. The van der Waals surface area contributed by atoms with Crippen molar-refractivity contribution in [2.24, 2.45) is 0 Å². The summed E-state index contributed by atoms with van der Waals surface area (Å²) in [6.07, 6.45) is 0. The van der Waals surface area contributed by atoms with Gasteiger partial charge in [0.2, 0.25) is 5.91 Å². The monoisotopic (exact) mass is 211 g/mol. The number of aromatic nitrogens is 2. The first kappa shape index (κ1) is 11.4. The highest BCUT2D eigenvalue weighted by Gasteiger charge is 2.04. The molecule has 0 radical (unpaired) electrons. The number of nitrogens with zero attached hydrogens (tertiary/aromatic N) is 2. The SMILES string of the molecule is Cc1ccc(=O)n(CC(=O)NCCO)n1. The molecule has 0 spiro atoms. The second kappa shape index (κ2) is 5.26. The molecular weight excluding hydrogens is 198 g/mol. The zero-order valence-corrected chi connectivity index (χ0v) is 8.43. The molecule has 1 amide bonds. The first-order valence-electron chi connectivity index (χ1n) is 4.56. The van der Waals surface area contributed by atoms with E-state index in [9.17, 15) is 9.59 Å². The lowest BCUT2D eigenvalue weighted by Crippen LogP contribution is -2.34. The summed E-state index contributed by atoms with van der Waals surface area (Å²) in [5.41, 5.74) is 0.351. The molecule has 82 valence electrons. The van der Waals surface area contributed by atoms with Gasteiger partial charge in [0.15, 0.2) is 0 Å². The highest BCUT2D eigenvalue weighted by Crippen LogP contribution is 1.85. The van der Waals surface area contributed by atoms with Crippen molar-refractivity contribution in [2.45, 2.75) is 13.5 Å². The van der Waals surface area contributed by atoms with Gasteiger partial charge in [-0.05, 0) is 13.0 Å². The lowest BCUT2D eigenvalue weighted by atomic mass is 10.4. The number of amides is 1. The van der Waals surface area contributed by atoms with Crippen LogP contribution in [0.2, 0.25) is 0 Å².